The molecule has 0 aromatic carbocycles. The molecule has 0 spiro atoms. The summed E-state index contributed by atoms with van der Waals surface area (Å²) in [7, 11) is 2.19. The number of hydrogen-bond donors (Lipinski definition) is 2. The van der Waals surface area contributed by atoms with Gasteiger partial charge in [-0.3, -0.25) is 9.69 Å². The maximum atomic E-state index is 11.8. The molecule has 0 saturated carbocycles. The van der Waals surface area contributed by atoms with Crippen molar-refractivity contribution in [3.63, 3.8) is 0 Å². The quantitative estimate of drug-likeness (QED) is 0.748. The second kappa shape index (κ2) is 12.6. The van der Waals surface area contributed by atoms with Gasteiger partial charge in [0.2, 0.25) is 5.91 Å². The summed E-state index contributed by atoms with van der Waals surface area (Å²) in [5, 5.41) is 3.13. The van der Waals surface area contributed by atoms with Gasteiger partial charge in [0.25, 0.3) is 0 Å². The number of nitrogens with one attached hydrogen (secondary N) is 1. The third kappa shape index (κ3) is 7.32. The highest BCUT2D eigenvalue weighted by molar-refractivity contribution is 5.86. The highest BCUT2D eigenvalue weighted by atomic mass is 35.5. The lowest BCUT2D eigenvalue weighted by Gasteiger charge is -2.50. The van der Waals surface area contributed by atoms with Gasteiger partial charge in [-0.2, -0.15) is 0 Å². The van der Waals surface area contributed by atoms with E-state index in [0.717, 1.165) is 32.5 Å². The maximum Gasteiger partial charge on any atom is 0.221 e. The van der Waals surface area contributed by atoms with E-state index in [1.165, 1.54) is 32.4 Å². The van der Waals surface area contributed by atoms with Gasteiger partial charge < -0.3 is 16.0 Å². The molecular formula is C15H33Cl3N4O. The molecule has 0 bridgehead atoms. The molecule has 2 heterocycles. The Bertz CT molecular complexity index is 320. The van der Waals surface area contributed by atoms with Gasteiger partial charge in [-0.15, -0.1) is 37.2 Å². The Morgan fingerprint density at radius 2 is 1.61 bits per heavy atom. The molecule has 23 heavy (non-hydrogen) atoms. The van der Waals surface area contributed by atoms with Crippen molar-refractivity contribution in [2.45, 2.75) is 44.1 Å². The fourth-order valence-corrected chi connectivity index (χ4v) is 3.49. The Kier molecular flexibility index (Phi) is 13.9. The summed E-state index contributed by atoms with van der Waals surface area (Å²) in [6.45, 7) is 5.87. The molecule has 8 heteroatoms. The SMILES string of the molecule is CN1CCC(CNC(=O)CCN)(N2CCCCC2)CC1.Cl.Cl.Cl. The molecular weight excluding hydrogens is 359 g/mol. The van der Waals surface area contributed by atoms with Crippen LogP contribution in [0.3, 0.4) is 0 Å². The van der Waals surface area contributed by atoms with Crippen LogP contribution in [0, 0.1) is 0 Å². The molecule has 2 rings (SSSR count). The van der Waals surface area contributed by atoms with Crippen LogP contribution in [0.2, 0.25) is 0 Å². The smallest absolute Gasteiger partial charge is 0.221 e. The van der Waals surface area contributed by atoms with Crippen LogP contribution < -0.4 is 11.1 Å². The summed E-state index contributed by atoms with van der Waals surface area (Å²) in [6, 6.07) is 0. The van der Waals surface area contributed by atoms with Crippen LogP contribution in [0.15, 0.2) is 0 Å². The summed E-state index contributed by atoms with van der Waals surface area (Å²) in [5.74, 6) is 0.0998. The zero-order chi connectivity index (χ0) is 14.4. The number of likely N-dealkylation sites (tertiary alicyclic amines) is 2. The molecule has 140 valence electrons. The molecule has 2 aliphatic rings. The van der Waals surface area contributed by atoms with Crippen molar-refractivity contribution in [1.82, 2.24) is 15.1 Å². The van der Waals surface area contributed by atoms with E-state index < -0.39 is 0 Å². The third-order valence-corrected chi connectivity index (χ3v) is 4.93. The molecule has 0 atom stereocenters. The second-order valence-corrected chi connectivity index (χ2v) is 6.39. The molecule has 5 nitrogen and oxygen atoms in total. The Balaban J connectivity index is 0. The van der Waals surface area contributed by atoms with Crippen molar-refractivity contribution in [2.75, 3.05) is 46.3 Å². The van der Waals surface area contributed by atoms with Crippen LogP contribution in [0.1, 0.15) is 38.5 Å². The van der Waals surface area contributed by atoms with Crippen LogP contribution in [0.4, 0.5) is 0 Å². The van der Waals surface area contributed by atoms with Gasteiger partial charge in [-0.25, -0.2) is 0 Å². The average Bonchev–Trinajstić information content (AvgIpc) is 2.48. The van der Waals surface area contributed by atoms with Crippen LogP contribution >= 0.6 is 37.2 Å². The first-order valence-electron chi connectivity index (χ1n) is 8.07. The molecule has 0 aromatic rings. The topological polar surface area (TPSA) is 61.6 Å². The first-order chi connectivity index (χ1) is 9.66. The van der Waals surface area contributed by atoms with E-state index in [9.17, 15) is 4.79 Å². The standard InChI is InChI=1S/C15H30N4O.3ClH/c1-18-11-6-15(7-12-18,13-17-14(20)5-8-16)19-9-3-2-4-10-19;;;/h2-13,16H2,1H3,(H,17,20);3*1H. The zero-order valence-corrected chi connectivity index (χ0v) is 16.5. The maximum absolute atomic E-state index is 11.8. The summed E-state index contributed by atoms with van der Waals surface area (Å²) in [4.78, 5) is 16.8. The van der Waals surface area contributed by atoms with Crippen LogP contribution in [-0.2, 0) is 4.79 Å². The van der Waals surface area contributed by atoms with Gasteiger partial charge in [0.15, 0.2) is 0 Å². The van der Waals surface area contributed by atoms with E-state index in [-0.39, 0.29) is 48.7 Å². The Hall–Kier alpha value is 0.220. The molecule has 0 aliphatic carbocycles. The van der Waals surface area contributed by atoms with Crippen LogP contribution in [0.5, 0.6) is 0 Å². The number of nitrogens with zero attached hydrogens (tertiary/aromatic N) is 2. The lowest BCUT2D eigenvalue weighted by atomic mass is 9.84. The molecule has 2 fully saturated rings. The molecule has 2 aliphatic heterocycles. The van der Waals surface area contributed by atoms with Gasteiger partial charge in [0.1, 0.15) is 0 Å². The Labute approximate surface area is 159 Å². The van der Waals surface area contributed by atoms with Crippen molar-refractivity contribution < 1.29 is 4.79 Å². The Morgan fingerprint density at radius 3 is 2.13 bits per heavy atom. The Morgan fingerprint density at radius 1 is 1.04 bits per heavy atom. The third-order valence-electron chi connectivity index (χ3n) is 4.93. The fourth-order valence-electron chi connectivity index (χ4n) is 3.49. The van der Waals surface area contributed by atoms with Crippen molar-refractivity contribution in [1.29, 1.82) is 0 Å². The molecule has 0 aromatic heterocycles. The number of nitrogens with two attached hydrogens (primary N) is 1. The highest BCUT2D eigenvalue weighted by Crippen LogP contribution is 2.30. The van der Waals surface area contributed by atoms with Gasteiger partial charge in [-0.05, 0) is 58.9 Å². The average molecular weight is 392 g/mol. The number of carbonyl (C=O) groups excluding carboxylic acids is 1. The number of rotatable bonds is 5. The molecule has 1 amide bonds. The number of amides is 1. The summed E-state index contributed by atoms with van der Waals surface area (Å²) < 4.78 is 0. The first kappa shape index (κ1) is 25.5. The minimum Gasteiger partial charge on any atom is -0.354 e. The van der Waals surface area contributed by atoms with Gasteiger partial charge in [0, 0.05) is 25.0 Å². The van der Waals surface area contributed by atoms with Crippen LogP contribution in [-0.4, -0.2) is 67.6 Å². The number of carbonyl (C=O) groups is 1. The van der Waals surface area contributed by atoms with Crippen molar-refractivity contribution in [3.05, 3.63) is 0 Å². The molecule has 3 N–H and O–H groups in total. The summed E-state index contributed by atoms with van der Waals surface area (Å²) >= 11 is 0. The number of hydrogen-bond acceptors (Lipinski definition) is 4. The monoisotopic (exact) mass is 390 g/mol. The lowest BCUT2D eigenvalue weighted by molar-refractivity contribution is -0.122. The van der Waals surface area contributed by atoms with E-state index in [4.69, 9.17) is 5.73 Å². The summed E-state index contributed by atoms with van der Waals surface area (Å²) in [6.07, 6.45) is 6.71. The molecule has 0 radical (unpaired) electrons. The van der Waals surface area contributed by atoms with E-state index in [1.54, 1.807) is 0 Å². The van der Waals surface area contributed by atoms with E-state index in [2.05, 4.69) is 22.2 Å². The lowest BCUT2D eigenvalue weighted by Crippen LogP contribution is -2.61. The zero-order valence-electron chi connectivity index (χ0n) is 14.1. The van der Waals surface area contributed by atoms with Crippen molar-refractivity contribution >= 4 is 43.1 Å². The van der Waals surface area contributed by atoms with Crippen molar-refractivity contribution in [3.8, 4) is 0 Å². The fraction of sp³-hybridized carbons (Fsp3) is 0.933. The molecule has 2 saturated heterocycles. The van der Waals surface area contributed by atoms with Crippen molar-refractivity contribution in [2.24, 2.45) is 5.73 Å². The predicted molar refractivity (Wildman–Crippen MR) is 103 cm³/mol. The largest absolute Gasteiger partial charge is 0.354 e. The van der Waals surface area contributed by atoms with Gasteiger partial charge in [-0.1, -0.05) is 6.42 Å². The van der Waals surface area contributed by atoms with Crippen LogP contribution in [0.25, 0.3) is 0 Å². The van der Waals surface area contributed by atoms with Gasteiger partial charge >= 0.3 is 0 Å². The normalized spacial score (nSPS) is 21.3. The number of piperidine rings is 2. The minimum absolute atomic E-state index is 0. The minimum atomic E-state index is 0. The summed E-state index contributed by atoms with van der Waals surface area (Å²) in [5.41, 5.74) is 5.63. The first-order valence-corrected chi connectivity index (χ1v) is 8.07. The van der Waals surface area contributed by atoms with Gasteiger partial charge in [0.05, 0.1) is 0 Å². The van der Waals surface area contributed by atoms with E-state index >= 15 is 0 Å². The van der Waals surface area contributed by atoms with E-state index in [0.29, 0.717) is 13.0 Å². The number of halogens is 3. The second-order valence-electron chi connectivity index (χ2n) is 6.39. The predicted octanol–water partition coefficient (Wildman–Crippen LogP) is 1.67. The molecule has 0 unspecified atom stereocenters. The van der Waals surface area contributed by atoms with E-state index in [1.807, 2.05) is 0 Å². The highest BCUT2D eigenvalue weighted by Gasteiger charge is 2.39.